The topological polar surface area (TPSA) is 48.1 Å². The molecular formula is C22H34N4O2. The minimum Gasteiger partial charge on any atom is -0.444 e. The van der Waals surface area contributed by atoms with Gasteiger partial charge in [0.05, 0.1) is 0 Å². The van der Waals surface area contributed by atoms with Crippen LogP contribution in [0, 0.1) is 0 Å². The number of fused-ring (bicyclic) bond motifs is 2. The summed E-state index contributed by atoms with van der Waals surface area (Å²) in [5.74, 6) is 0. The highest BCUT2D eigenvalue weighted by Crippen LogP contribution is 2.32. The number of carbonyl (C=O) groups excluding carboxylic acids is 1. The molecule has 3 aliphatic rings. The van der Waals surface area contributed by atoms with E-state index in [0.717, 1.165) is 45.8 Å². The Balaban J connectivity index is 1.33. The van der Waals surface area contributed by atoms with E-state index in [4.69, 9.17) is 4.74 Å². The van der Waals surface area contributed by atoms with Gasteiger partial charge in [-0.3, -0.25) is 4.90 Å². The summed E-state index contributed by atoms with van der Waals surface area (Å²) >= 11 is 0. The van der Waals surface area contributed by atoms with Gasteiger partial charge in [-0.25, -0.2) is 4.79 Å². The second kappa shape index (κ2) is 7.91. The Labute approximate surface area is 168 Å². The van der Waals surface area contributed by atoms with Crippen molar-refractivity contribution in [3.05, 3.63) is 29.8 Å². The summed E-state index contributed by atoms with van der Waals surface area (Å²) in [5.41, 5.74) is 2.30. The van der Waals surface area contributed by atoms with E-state index in [9.17, 15) is 4.79 Å². The van der Waals surface area contributed by atoms with Gasteiger partial charge in [-0.2, -0.15) is 0 Å². The Kier molecular flexibility index (Phi) is 5.52. The number of hydrogen-bond acceptors (Lipinski definition) is 5. The number of piperazine rings is 2. The molecule has 0 aliphatic carbocycles. The van der Waals surface area contributed by atoms with Gasteiger partial charge in [0.25, 0.3) is 0 Å². The van der Waals surface area contributed by atoms with Crippen molar-refractivity contribution in [3.63, 3.8) is 0 Å². The Morgan fingerprint density at radius 1 is 1.11 bits per heavy atom. The molecule has 3 saturated heterocycles. The number of benzene rings is 1. The van der Waals surface area contributed by atoms with Gasteiger partial charge in [0.1, 0.15) is 5.60 Å². The predicted octanol–water partition coefficient (Wildman–Crippen LogP) is 2.68. The van der Waals surface area contributed by atoms with Gasteiger partial charge in [-0.05, 0) is 51.3 Å². The van der Waals surface area contributed by atoms with Gasteiger partial charge >= 0.3 is 6.09 Å². The van der Waals surface area contributed by atoms with Crippen molar-refractivity contribution in [1.29, 1.82) is 0 Å². The standard InChI is InChI=1S/C22H34N4O2/c1-22(2,3)28-21(27)25-11-9-24(10-12-25)16-17-5-4-6-18(13-17)26-19-7-8-20(26)15-23-14-19/h4-6,13,19-20,23H,7-12,14-16H2,1-3H3. The summed E-state index contributed by atoms with van der Waals surface area (Å²) < 4.78 is 5.50. The molecule has 2 atom stereocenters. The van der Waals surface area contributed by atoms with E-state index in [1.807, 2.05) is 25.7 Å². The summed E-state index contributed by atoms with van der Waals surface area (Å²) in [7, 11) is 0. The van der Waals surface area contributed by atoms with Gasteiger partial charge in [0.2, 0.25) is 0 Å². The van der Waals surface area contributed by atoms with E-state index in [2.05, 4.69) is 39.4 Å². The molecule has 1 N–H and O–H groups in total. The summed E-state index contributed by atoms with van der Waals surface area (Å²) in [6.45, 7) is 12.1. The highest BCUT2D eigenvalue weighted by Gasteiger charge is 2.36. The van der Waals surface area contributed by atoms with Crippen molar-refractivity contribution < 1.29 is 9.53 Å². The fraction of sp³-hybridized carbons (Fsp3) is 0.682. The van der Waals surface area contributed by atoms with E-state index >= 15 is 0 Å². The van der Waals surface area contributed by atoms with Gasteiger partial charge in [-0.15, -0.1) is 0 Å². The zero-order chi connectivity index (χ0) is 19.7. The summed E-state index contributed by atoms with van der Waals surface area (Å²) in [4.78, 5) is 19.1. The molecule has 3 aliphatic heterocycles. The molecule has 28 heavy (non-hydrogen) atoms. The molecule has 3 fully saturated rings. The maximum Gasteiger partial charge on any atom is 0.410 e. The van der Waals surface area contributed by atoms with Crippen LogP contribution >= 0.6 is 0 Å². The first-order valence-corrected chi connectivity index (χ1v) is 10.7. The van der Waals surface area contributed by atoms with Crippen LogP contribution in [0.3, 0.4) is 0 Å². The van der Waals surface area contributed by atoms with E-state index in [1.165, 1.54) is 24.1 Å². The Hall–Kier alpha value is -1.79. The van der Waals surface area contributed by atoms with Gasteiger partial charge in [0.15, 0.2) is 0 Å². The van der Waals surface area contributed by atoms with E-state index in [1.54, 1.807) is 0 Å². The zero-order valence-electron chi connectivity index (χ0n) is 17.5. The molecule has 3 heterocycles. The lowest BCUT2D eigenvalue weighted by molar-refractivity contribution is 0.0139. The minimum absolute atomic E-state index is 0.191. The molecule has 6 nitrogen and oxygen atoms in total. The Bertz CT molecular complexity index is 678. The highest BCUT2D eigenvalue weighted by atomic mass is 16.6. The summed E-state index contributed by atoms with van der Waals surface area (Å²) in [5, 5.41) is 3.56. The van der Waals surface area contributed by atoms with Crippen LogP contribution in [0.25, 0.3) is 0 Å². The van der Waals surface area contributed by atoms with Crippen molar-refractivity contribution in [2.24, 2.45) is 0 Å². The average Bonchev–Trinajstić information content (AvgIpc) is 2.90. The second-order valence-corrected chi connectivity index (χ2v) is 9.36. The van der Waals surface area contributed by atoms with Crippen molar-refractivity contribution in [1.82, 2.24) is 15.1 Å². The number of carbonyl (C=O) groups is 1. The lowest BCUT2D eigenvalue weighted by Crippen LogP contribution is -2.52. The number of nitrogens with one attached hydrogen (secondary N) is 1. The Morgan fingerprint density at radius 2 is 1.79 bits per heavy atom. The molecule has 0 aromatic heterocycles. The van der Waals surface area contributed by atoms with Crippen LogP contribution in [0.15, 0.2) is 24.3 Å². The average molecular weight is 387 g/mol. The lowest BCUT2D eigenvalue weighted by Gasteiger charge is -2.38. The highest BCUT2D eigenvalue weighted by molar-refractivity contribution is 5.68. The zero-order valence-corrected chi connectivity index (χ0v) is 17.5. The van der Waals surface area contributed by atoms with Gasteiger partial charge in [-0.1, -0.05) is 12.1 Å². The van der Waals surface area contributed by atoms with Crippen molar-refractivity contribution in [2.75, 3.05) is 44.2 Å². The van der Waals surface area contributed by atoms with Crippen LogP contribution in [0.5, 0.6) is 0 Å². The third-order valence-corrected chi connectivity index (χ3v) is 6.02. The molecule has 0 saturated carbocycles. The molecule has 1 aromatic carbocycles. The van der Waals surface area contributed by atoms with Crippen molar-refractivity contribution in [3.8, 4) is 0 Å². The fourth-order valence-corrected chi connectivity index (χ4v) is 4.69. The molecular weight excluding hydrogens is 352 g/mol. The first-order valence-electron chi connectivity index (χ1n) is 10.7. The number of hydrogen-bond donors (Lipinski definition) is 1. The number of nitrogens with zero attached hydrogens (tertiary/aromatic N) is 3. The smallest absolute Gasteiger partial charge is 0.410 e. The van der Waals surface area contributed by atoms with Crippen molar-refractivity contribution >= 4 is 11.8 Å². The predicted molar refractivity (Wildman–Crippen MR) is 112 cm³/mol. The number of anilines is 1. The number of ether oxygens (including phenoxy) is 1. The third-order valence-electron chi connectivity index (χ3n) is 6.02. The van der Waals surface area contributed by atoms with Gasteiger partial charge < -0.3 is 19.9 Å². The van der Waals surface area contributed by atoms with E-state index in [0.29, 0.717) is 12.1 Å². The van der Waals surface area contributed by atoms with Gasteiger partial charge in [0, 0.05) is 63.6 Å². The van der Waals surface area contributed by atoms with Crippen LogP contribution in [0.2, 0.25) is 0 Å². The van der Waals surface area contributed by atoms with Crippen molar-refractivity contribution in [2.45, 2.75) is 57.8 Å². The molecule has 0 radical (unpaired) electrons. The van der Waals surface area contributed by atoms with Crippen LogP contribution < -0.4 is 10.2 Å². The van der Waals surface area contributed by atoms with Crippen LogP contribution in [-0.2, 0) is 11.3 Å². The number of amides is 1. The molecule has 1 amide bonds. The molecule has 1 aromatic rings. The first kappa shape index (κ1) is 19.5. The SMILES string of the molecule is CC(C)(C)OC(=O)N1CCN(Cc2cccc(N3C4CCC3CNC4)c2)CC1. The number of rotatable bonds is 3. The van der Waals surface area contributed by atoms with E-state index < -0.39 is 5.60 Å². The van der Waals surface area contributed by atoms with Crippen LogP contribution in [0.4, 0.5) is 10.5 Å². The van der Waals surface area contributed by atoms with Crippen LogP contribution in [-0.4, -0.2) is 72.8 Å². The van der Waals surface area contributed by atoms with Crippen LogP contribution in [0.1, 0.15) is 39.2 Å². The summed E-state index contributed by atoms with van der Waals surface area (Å²) in [6.07, 6.45) is 2.41. The fourth-order valence-electron chi connectivity index (χ4n) is 4.69. The monoisotopic (exact) mass is 386 g/mol. The largest absolute Gasteiger partial charge is 0.444 e. The third kappa shape index (κ3) is 4.44. The van der Waals surface area contributed by atoms with E-state index in [-0.39, 0.29) is 6.09 Å². The minimum atomic E-state index is -0.432. The second-order valence-electron chi connectivity index (χ2n) is 9.36. The molecule has 154 valence electrons. The molecule has 0 spiro atoms. The molecule has 4 rings (SSSR count). The molecule has 6 heteroatoms. The first-order chi connectivity index (χ1) is 13.4. The summed E-state index contributed by atoms with van der Waals surface area (Å²) in [6, 6.07) is 10.4. The normalized spacial score (nSPS) is 25.8. The maximum atomic E-state index is 12.2. The Morgan fingerprint density at radius 3 is 2.43 bits per heavy atom. The lowest BCUT2D eigenvalue weighted by atomic mass is 10.1. The quantitative estimate of drug-likeness (QED) is 0.866. The molecule has 2 unspecified atom stereocenters. The molecule has 2 bridgehead atoms. The maximum absolute atomic E-state index is 12.2.